The minimum Gasteiger partial charge on any atom is -0.360 e. The molecule has 4 rings (SSSR count). The maximum atomic E-state index is 13.3. The van der Waals surface area contributed by atoms with Crippen LogP contribution < -0.4 is 0 Å². The van der Waals surface area contributed by atoms with Crippen LogP contribution in [0.4, 0.5) is 0 Å². The van der Waals surface area contributed by atoms with Crippen molar-refractivity contribution in [2.24, 2.45) is 11.8 Å². The monoisotopic (exact) mass is 372 g/mol. The van der Waals surface area contributed by atoms with Crippen LogP contribution in [0.15, 0.2) is 24.5 Å². The van der Waals surface area contributed by atoms with Crippen LogP contribution in [0.25, 0.3) is 0 Å². The van der Waals surface area contributed by atoms with Gasteiger partial charge in [-0.15, -0.1) is 0 Å². The van der Waals surface area contributed by atoms with Gasteiger partial charge in [0.05, 0.1) is 30.7 Å². The molecule has 3 aliphatic heterocycles. The van der Waals surface area contributed by atoms with E-state index in [4.69, 9.17) is 4.74 Å². The van der Waals surface area contributed by atoms with Crippen molar-refractivity contribution in [3.05, 3.63) is 30.1 Å². The van der Waals surface area contributed by atoms with Crippen LogP contribution in [0.5, 0.6) is 0 Å². The van der Waals surface area contributed by atoms with Crippen molar-refractivity contribution in [2.75, 3.05) is 13.6 Å². The zero-order chi connectivity index (χ0) is 19.6. The van der Waals surface area contributed by atoms with Crippen LogP contribution >= 0.6 is 0 Å². The molecule has 146 valence electrons. The molecule has 1 aromatic heterocycles. The van der Waals surface area contributed by atoms with Crippen LogP contribution in [0, 0.1) is 11.8 Å². The van der Waals surface area contributed by atoms with Gasteiger partial charge in [0.25, 0.3) is 0 Å². The van der Waals surface area contributed by atoms with Crippen molar-refractivity contribution in [2.45, 2.75) is 58.0 Å². The molecule has 3 aliphatic rings. The number of aromatic nitrogens is 2. The summed E-state index contributed by atoms with van der Waals surface area (Å²) in [5, 5.41) is 4.27. The van der Waals surface area contributed by atoms with Gasteiger partial charge in [-0.1, -0.05) is 12.2 Å². The Morgan fingerprint density at radius 3 is 2.81 bits per heavy atom. The van der Waals surface area contributed by atoms with Crippen molar-refractivity contribution in [3.63, 3.8) is 0 Å². The average molecular weight is 372 g/mol. The van der Waals surface area contributed by atoms with E-state index in [0.717, 1.165) is 12.1 Å². The summed E-state index contributed by atoms with van der Waals surface area (Å²) in [5.41, 5.74) is 0.0410. The quantitative estimate of drug-likeness (QED) is 0.750. The maximum absolute atomic E-state index is 13.3. The molecule has 0 unspecified atom stereocenters. The fourth-order valence-electron chi connectivity index (χ4n) is 4.62. The first kappa shape index (κ1) is 18.2. The van der Waals surface area contributed by atoms with Crippen LogP contribution in [0.1, 0.15) is 33.3 Å². The Kier molecular flexibility index (Phi) is 4.00. The second-order valence-corrected chi connectivity index (χ2v) is 8.89. The Morgan fingerprint density at radius 1 is 1.44 bits per heavy atom. The second kappa shape index (κ2) is 5.92. The van der Waals surface area contributed by atoms with Crippen molar-refractivity contribution >= 4 is 11.8 Å². The number of nitrogens with zero attached hydrogens (tertiary/aromatic N) is 4. The van der Waals surface area contributed by atoms with E-state index in [0.29, 0.717) is 13.1 Å². The molecule has 27 heavy (non-hydrogen) atoms. The summed E-state index contributed by atoms with van der Waals surface area (Å²) < 4.78 is 8.04. The van der Waals surface area contributed by atoms with Crippen LogP contribution in [0.2, 0.25) is 0 Å². The molecule has 0 aromatic carbocycles. The van der Waals surface area contributed by atoms with E-state index in [2.05, 4.69) is 5.10 Å². The molecule has 4 heterocycles. The number of carbonyl (C=O) groups is 2. The minimum atomic E-state index is -0.650. The lowest BCUT2D eigenvalue weighted by Gasteiger charge is -2.34. The number of ether oxygens (including phenoxy) is 1. The molecule has 2 fully saturated rings. The normalized spacial score (nSPS) is 31.7. The van der Waals surface area contributed by atoms with E-state index in [1.165, 1.54) is 0 Å². The van der Waals surface area contributed by atoms with E-state index >= 15 is 0 Å². The van der Waals surface area contributed by atoms with E-state index in [9.17, 15) is 9.59 Å². The predicted octanol–water partition coefficient (Wildman–Crippen LogP) is 1.44. The zero-order valence-electron chi connectivity index (χ0n) is 16.7. The Balaban J connectivity index is 1.56. The Hall–Kier alpha value is -2.15. The summed E-state index contributed by atoms with van der Waals surface area (Å²) in [4.78, 5) is 30.0. The standard InChI is InChI=1S/C20H28N4O3/c1-6-23-11-13(9-21-23)10-22(5)17(25)15-14-7-8-20(27-14)12-24(19(2,3)4)18(26)16(15)20/h7-9,11,14-16H,6,10,12H2,1-5H3/t14-,15-,16-,20-/m0/s1. The van der Waals surface area contributed by atoms with Gasteiger partial charge in [-0.25, -0.2) is 0 Å². The lowest BCUT2D eigenvalue weighted by molar-refractivity contribution is -0.144. The Labute approximate surface area is 159 Å². The predicted molar refractivity (Wildman–Crippen MR) is 99.6 cm³/mol. The smallest absolute Gasteiger partial charge is 0.230 e. The van der Waals surface area contributed by atoms with Crippen molar-refractivity contribution in [1.82, 2.24) is 19.6 Å². The molecule has 7 heteroatoms. The highest BCUT2D eigenvalue weighted by Gasteiger charge is 2.68. The van der Waals surface area contributed by atoms with Gasteiger partial charge in [-0.05, 0) is 27.7 Å². The van der Waals surface area contributed by atoms with E-state index in [1.807, 2.05) is 55.6 Å². The molecule has 7 nitrogen and oxygen atoms in total. The molecule has 1 aromatic rings. The van der Waals surface area contributed by atoms with Crippen molar-refractivity contribution < 1.29 is 14.3 Å². The van der Waals surface area contributed by atoms with Gasteiger partial charge in [0, 0.05) is 37.4 Å². The molecular weight excluding hydrogens is 344 g/mol. The van der Waals surface area contributed by atoms with E-state index < -0.39 is 17.4 Å². The number of hydrogen-bond donors (Lipinski definition) is 0. The summed E-state index contributed by atoms with van der Waals surface area (Å²) in [6.45, 7) is 9.87. The molecule has 2 saturated heterocycles. The third-order valence-corrected chi connectivity index (χ3v) is 6.00. The van der Waals surface area contributed by atoms with Crippen molar-refractivity contribution in [3.8, 4) is 0 Å². The van der Waals surface area contributed by atoms with E-state index in [-0.39, 0.29) is 23.5 Å². The largest absolute Gasteiger partial charge is 0.360 e. The van der Waals surface area contributed by atoms with Gasteiger partial charge in [-0.3, -0.25) is 14.3 Å². The molecule has 0 aliphatic carbocycles. The summed E-state index contributed by atoms with van der Waals surface area (Å²) in [6, 6.07) is 0. The number of hydrogen-bond acceptors (Lipinski definition) is 4. The minimum absolute atomic E-state index is 0.0277. The molecule has 1 spiro atoms. The molecule has 0 N–H and O–H groups in total. The molecule has 0 saturated carbocycles. The Morgan fingerprint density at radius 2 is 2.19 bits per heavy atom. The second-order valence-electron chi connectivity index (χ2n) is 8.89. The van der Waals surface area contributed by atoms with Gasteiger partial charge in [-0.2, -0.15) is 5.10 Å². The summed E-state index contributed by atoms with van der Waals surface area (Å²) in [7, 11) is 1.79. The lowest BCUT2D eigenvalue weighted by atomic mass is 9.76. The third-order valence-electron chi connectivity index (χ3n) is 6.00. The highest BCUT2D eigenvalue weighted by molar-refractivity contribution is 5.93. The fourth-order valence-corrected chi connectivity index (χ4v) is 4.62. The molecule has 2 bridgehead atoms. The first-order valence-electron chi connectivity index (χ1n) is 9.61. The Bertz CT molecular complexity index is 808. The number of likely N-dealkylation sites (tertiary alicyclic amines) is 1. The van der Waals surface area contributed by atoms with Crippen molar-refractivity contribution in [1.29, 1.82) is 0 Å². The van der Waals surface area contributed by atoms with Gasteiger partial charge in [0.15, 0.2) is 0 Å². The van der Waals surface area contributed by atoms with Crippen LogP contribution in [0.3, 0.4) is 0 Å². The number of carbonyl (C=O) groups excluding carboxylic acids is 2. The number of fused-ring (bicyclic) bond motifs is 1. The fraction of sp³-hybridized carbons (Fsp3) is 0.650. The third kappa shape index (κ3) is 2.71. The molecular formula is C20H28N4O3. The summed E-state index contributed by atoms with van der Waals surface area (Å²) in [5.74, 6) is -0.898. The molecule has 4 atom stereocenters. The summed E-state index contributed by atoms with van der Waals surface area (Å²) in [6.07, 6.45) is 7.38. The topological polar surface area (TPSA) is 67.7 Å². The maximum Gasteiger partial charge on any atom is 0.230 e. The number of rotatable bonds is 4. The zero-order valence-corrected chi connectivity index (χ0v) is 16.7. The van der Waals surface area contributed by atoms with Gasteiger partial charge >= 0.3 is 0 Å². The van der Waals surface area contributed by atoms with E-state index in [1.54, 1.807) is 18.1 Å². The number of amides is 2. The van der Waals surface area contributed by atoms with Gasteiger partial charge in [0.1, 0.15) is 5.60 Å². The van der Waals surface area contributed by atoms with Crippen LogP contribution in [-0.4, -0.2) is 62.2 Å². The first-order valence-corrected chi connectivity index (χ1v) is 9.61. The first-order chi connectivity index (χ1) is 12.7. The summed E-state index contributed by atoms with van der Waals surface area (Å²) >= 11 is 0. The highest BCUT2D eigenvalue weighted by Crippen LogP contribution is 2.53. The average Bonchev–Trinajstić information content (AvgIpc) is 3.34. The van der Waals surface area contributed by atoms with Gasteiger partial charge in [0.2, 0.25) is 11.8 Å². The number of aryl methyl sites for hydroxylation is 1. The highest BCUT2D eigenvalue weighted by atomic mass is 16.5. The molecule has 0 radical (unpaired) electrons. The van der Waals surface area contributed by atoms with Crippen LogP contribution in [-0.2, 0) is 27.4 Å². The SMILES string of the molecule is CCn1cc(CN(C)C(=O)[C@H]2[C@@H]3C=C[C@@]4(CN(C(C)(C)C)C(=O)[C@H]24)O3)cn1. The lowest BCUT2D eigenvalue weighted by Crippen LogP contribution is -2.47. The molecule has 2 amide bonds. The van der Waals surface area contributed by atoms with Gasteiger partial charge < -0.3 is 14.5 Å².